The number of fused-ring (bicyclic) bond motifs is 7. The van der Waals surface area contributed by atoms with Crippen LogP contribution in [-0.4, -0.2) is 14.1 Å². The van der Waals surface area contributed by atoms with Crippen LogP contribution in [0.15, 0.2) is 103 Å². The van der Waals surface area contributed by atoms with Crippen molar-refractivity contribution in [2.24, 2.45) is 0 Å². The van der Waals surface area contributed by atoms with E-state index in [1.54, 1.807) is 0 Å². The van der Waals surface area contributed by atoms with Crippen molar-refractivity contribution >= 4 is 43.6 Å². The summed E-state index contributed by atoms with van der Waals surface area (Å²) in [6.07, 6.45) is 0. The van der Waals surface area contributed by atoms with Gasteiger partial charge in [-0.15, -0.1) is 0 Å². The van der Waals surface area contributed by atoms with Crippen LogP contribution >= 0.6 is 0 Å². The highest BCUT2D eigenvalue weighted by Gasteiger charge is 2.20. The molecule has 0 aliphatic carbocycles. The summed E-state index contributed by atoms with van der Waals surface area (Å²) in [6, 6.07) is 37.0. The van der Waals surface area contributed by atoms with Crippen LogP contribution < -0.4 is 0 Å². The topological polar surface area (TPSA) is 22.8 Å². The van der Waals surface area contributed by atoms with Crippen LogP contribution in [0.2, 0.25) is 0 Å². The number of aromatic nitrogens is 3. The van der Waals surface area contributed by atoms with Crippen LogP contribution in [0.25, 0.3) is 55.1 Å². The van der Waals surface area contributed by atoms with Crippen LogP contribution in [-0.2, 0) is 0 Å². The van der Waals surface area contributed by atoms with Crippen molar-refractivity contribution in [1.82, 2.24) is 14.1 Å². The first-order valence-electron chi connectivity index (χ1n) is 11.7. The molecule has 0 amide bonds. The summed E-state index contributed by atoms with van der Waals surface area (Å²) >= 11 is 0. The van der Waals surface area contributed by atoms with E-state index >= 15 is 0 Å². The highest BCUT2D eigenvalue weighted by molar-refractivity contribution is 6.26. The molecule has 3 heterocycles. The van der Waals surface area contributed by atoms with Gasteiger partial charge in [0.2, 0.25) is 0 Å². The van der Waals surface area contributed by atoms with Gasteiger partial charge in [-0.3, -0.25) is 4.57 Å². The standard InChI is InChI=1S/C31H23N3/c1-20-14-16-22(17-15-20)33-27-12-6-4-10-25(27)30-28(33)19-18-24-23-9-3-5-11-26(23)34(31(24)30)29-13-7-8-21(2)32-29/h3-19H,1-2H3. The zero-order chi connectivity index (χ0) is 22.8. The third-order valence-corrected chi connectivity index (χ3v) is 6.86. The van der Waals surface area contributed by atoms with Gasteiger partial charge in [0.25, 0.3) is 0 Å². The molecule has 7 aromatic rings. The molecule has 0 fully saturated rings. The average molecular weight is 438 g/mol. The van der Waals surface area contributed by atoms with Gasteiger partial charge in [0.15, 0.2) is 0 Å². The summed E-state index contributed by atoms with van der Waals surface area (Å²) in [5.41, 5.74) is 8.24. The summed E-state index contributed by atoms with van der Waals surface area (Å²) < 4.78 is 4.72. The number of nitrogens with zero attached hydrogens (tertiary/aromatic N) is 3. The first kappa shape index (κ1) is 19.1. The average Bonchev–Trinajstić information content (AvgIpc) is 3.37. The third kappa shape index (κ3) is 2.61. The van der Waals surface area contributed by atoms with Crippen molar-refractivity contribution in [2.75, 3.05) is 0 Å². The Balaban J connectivity index is 1.74. The molecule has 0 spiro atoms. The lowest BCUT2D eigenvalue weighted by Crippen LogP contribution is -1.98. The number of aryl methyl sites for hydroxylation is 2. The van der Waals surface area contributed by atoms with E-state index in [-0.39, 0.29) is 0 Å². The van der Waals surface area contributed by atoms with E-state index in [1.807, 2.05) is 0 Å². The Morgan fingerprint density at radius 2 is 1.24 bits per heavy atom. The van der Waals surface area contributed by atoms with Crippen molar-refractivity contribution in [2.45, 2.75) is 13.8 Å². The smallest absolute Gasteiger partial charge is 0.137 e. The van der Waals surface area contributed by atoms with Gasteiger partial charge < -0.3 is 4.57 Å². The quantitative estimate of drug-likeness (QED) is 0.270. The molecule has 3 nitrogen and oxygen atoms in total. The van der Waals surface area contributed by atoms with Crippen molar-refractivity contribution in [3.05, 3.63) is 114 Å². The Labute approximate surface area is 197 Å². The second kappa shape index (κ2) is 7.06. The van der Waals surface area contributed by atoms with E-state index in [0.717, 1.165) is 11.5 Å². The normalized spacial score (nSPS) is 11.8. The molecule has 3 aromatic heterocycles. The molecule has 0 saturated heterocycles. The van der Waals surface area contributed by atoms with Crippen LogP contribution in [0.5, 0.6) is 0 Å². The Kier molecular flexibility index (Phi) is 3.97. The van der Waals surface area contributed by atoms with Crippen LogP contribution in [0, 0.1) is 13.8 Å². The van der Waals surface area contributed by atoms with Gasteiger partial charge in [0, 0.05) is 32.9 Å². The fraction of sp³-hybridized carbons (Fsp3) is 0.0645. The lowest BCUT2D eigenvalue weighted by atomic mass is 10.1. The molecule has 162 valence electrons. The third-order valence-electron chi connectivity index (χ3n) is 6.86. The first-order chi connectivity index (χ1) is 16.7. The van der Waals surface area contributed by atoms with Gasteiger partial charge >= 0.3 is 0 Å². The first-order valence-corrected chi connectivity index (χ1v) is 11.7. The molecule has 0 bridgehead atoms. The van der Waals surface area contributed by atoms with Gasteiger partial charge in [-0.2, -0.15) is 0 Å². The predicted molar refractivity (Wildman–Crippen MR) is 142 cm³/mol. The molecule has 0 unspecified atom stereocenters. The molecule has 0 saturated carbocycles. The van der Waals surface area contributed by atoms with Crippen LogP contribution in [0.1, 0.15) is 11.3 Å². The van der Waals surface area contributed by atoms with Crippen molar-refractivity contribution in [3.8, 4) is 11.5 Å². The Hall–Kier alpha value is -4.37. The molecule has 0 aliphatic rings. The molecular weight excluding hydrogens is 414 g/mol. The summed E-state index contributed by atoms with van der Waals surface area (Å²) in [5, 5.41) is 5.00. The maximum Gasteiger partial charge on any atom is 0.137 e. The Morgan fingerprint density at radius 3 is 2.00 bits per heavy atom. The number of rotatable bonds is 2. The summed E-state index contributed by atoms with van der Waals surface area (Å²) in [5.74, 6) is 0.950. The summed E-state index contributed by atoms with van der Waals surface area (Å²) in [6.45, 7) is 4.18. The second-order valence-electron chi connectivity index (χ2n) is 9.03. The lowest BCUT2D eigenvalue weighted by Gasteiger charge is -2.10. The van der Waals surface area contributed by atoms with E-state index in [9.17, 15) is 0 Å². The van der Waals surface area contributed by atoms with Crippen LogP contribution in [0.3, 0.4) is 0 Å². The molecule has 0 N–H and O–H groups in total. The number of para-hydroxylation sites is 2. The van der Waals surface area contributed by atoms with Gasteiger partial charge in [0.1, 0.15) is 5.82 Å². The van der Waals surface area contributed by atoms with Crippen molar-refractivity contribution in [3.63, 3.8) is 0 Å². The summed E-state index contributed by atoms with van der Waals surface area (Å²) in [7, 11) is 0. The minimum atomic E-state index is 0.950. The largest absolute Gasteiger partial charge is 0.309 e. The minimum Gasteiger partial charge on any atom is -0.309 e. The predicted octanol–water partition coefficient (Wildman–Crippen LogP) is 7.89. The van der Waals surface area contributed by atoms with Crippen molar-refractivity contribution < 1.29 is 0 Å². The highest BCUT2D eigenvalue weighted by Crippen LogP contribution is 2.41. The minimum absolute atomic E-state index is 0.950. The highest BCUT2D eigenvalue weighted by atomic mass is 15.1. The van der Waals surface area contributed by atoms with E-state index < -0.39 is 0 Å². The molecule has 0 atom stereocenters. The summed E-state index contributed by atoms with van der Waals surface area (Å²) in [4.78, 5) is 4.93. The zero-order valence-corrected chi connectivity index (χ0v) is 19.2. The second-order valence-corrected chi connectivity index (χ2v) is 9.03. The molecule has 0 aliphatic heterocycles. The van der Waals surface area contributed by atoms with Gasteiger partial charge in [-0.25, -0.2) is 4.98 Å². The van der Waals surface area contributed by atoms with E-state index in [2.05, 4.69) is 126 Å². The fourth-order valence-electron chi connectivity index (χ4n) is 5.37. The molecular formula is C31H23N3. The number of hydrogen-bond acceptors (Lipinski definition) is 1. The van der Waals surface area contributed by atoms with E-state index in [1.165, 1.54) is 54.9 Å². The Bertz CT molecular complexity index is 1870. The van der Waals surface area contributed by atoms with Gasteiger partial charge in [-0.1, -0.05) is 66.2 Å². The SMILES string of the molecule is Cc1ccc(-n2c3ccccc3c3c2ccc2c4ccccc4n(-c4cccc(C)n4)c23)cc1. The maximum atomic E-state index is 4.93. The molecule has 0 radical (unpaired) electrons. The molecule has 4 aromatic carbocycles. The van der Waals surface area contributed by atoms with Crippen LogP contribution in [0.4, 0.5) is 0 Å². The van der Waals surface area contributed by atoms with E-state index in [0.29, 0.717) is 0 Å². The van der Waals surface area contributed by atoms with E-state index in [4.69, 9.17) is 4.98 Å². The maximum absolute atomic E-state index is 4.93. The molecule has 7 rings (SSSR count). The number of hydrogen-bond donors (Lipinski definition) is 0. The van der Waals surface area contributed by atoms with Crippen molar-refractivity contribution in [1.29, 1.82) is 0 Å². The zero-order valence-electron chi connectivity index (χ0n) is 19.2. The molecule has 34 heavy (non-hydrogen) atoms. The fourth-order valence-corrected chi connectivity index (χ4v) is 5.37. The number of benzene rings is 4. The lowest BCUT2D eigenvalue weighted by molar-refractivity contribution is 1.05. The Morgan fingerprint density at radius 1 is 0.529 bits per heavy atom. The van der Waals surface area contributed by atoms with Gasteiger partial charge in [-0.05, 0) is 56.3 Å². The van der Waals surface area contributed by atoms with Gasteiger partial charge in [0.05, 0.1) is 22.1 Å². The number of pyridine rings is 1. The monoisotopic (exact) mass is 437 g/mol. The molecule has 3 heteroatoms.